The van der Waals surface area contributed by atoms with E-state index in [9.17, 15) is 8.78 Å². The Morgan fingerprint density at radius 3 is 1.60 bits per heavy atom. The van der Waals surface area contributed by atoms with E-state index >= 15 is 0 Å². The number of halogens is 3. The van der Waals surface area contributed by atoms with Crippen molar-refractivity contribution in [3.63, 3.8) is 0 Å². The van der Waals surface area contributed by atoms with E-state index in [1.54, 1.807) is 0 Å². The Morgan fingerprint density at radius 1 is 1.00 bits per heavy atom. The summed E-state index contributed by atoms with van der Waals surface area (Å²) in [5.74, 6) is -1.07. The van der Waals surface area contributed by atoms with Crippen molar-refractivity contribution in [2.24, 2.45) is 0 Å². The fraction of sp³-hybridized carbons (Fsp3) is 0. The van der Waals surface area contributed by atoms with Crippen LogP contribution in [0.3, 0.4) is 0 Å². The Kier molecular flexibility index (Phi) is 7.86. The molecule has 0 aliphatic rings. The van der Waals surface area contributed by atoms with E-state index < -0.39 is 11.6 Å². The molecule has 0 nitrogen and oxygen atoms in total. The Morgan fingerprint density at radius 2 is 1.40 bits per heavy atom. The van der Waals surface area contributed by atoms with E-state index in [-0.39, 0.29) is 40.0 Å². The average Bonchev–Trinajstić information content (AvgIpc) is 1.64. The van der Waals surface area contributed by atoms with Gasteiger partial charge in [-0.1, -0.05) is 6.07 Å². The SMILES string of the molecule is Br.Fc1cccc(F)c1.[MgH2]. The van der Waals surface area contributed by atoms with E-state index in [1.807, 2.05) is 0 Å². The number of hydrogen-bond acceptors (Lipinski definition) is 0. The maximum atomic E-state index is 11.9. The number of hydrogen-bond donors (Lipinski definition) is 0. The van der Waals surface area contributed by atoms with E-state index in [4.69, 9.17) is 0 Å². The van der Waals surface area contributed by atoms with Crippen LogP contribution in [-0.4, -0.2) is 23.1 Å². The summed E-state index contributed by atoms with van der Waals surface area (Å²) in [4.78, 5) is 0. The normalized spacial score (nSPS) is 7.40. The summed E-state index contributed by atoms with van der Waals surface area (Å²) in [7, 11) is 0. The summed E-state index contributed by atoms with van der Waals surface area (Å²) >= 11 is 0. The van der Waals surface area contributed by atoms with Gasteiger partial charge >= 0.3 is 23.1 Å². The van der Waals surface area contributed by atoms with Crippen LogP contribution in [0, 0.1) is 11.6 Å². The van der Waals surface area contributed by atoms with Crippen molar-refractivity contribution in [1.82, 2.24) is 0 Å². The van der Waals surface area contributed by atoms with Gasteiger partial charge in [0.05, 0.1) is 0 Å². The van der Waals surface area contributed by atoms with Crippen molar-refractivity contribution >= 4 is 40.0 Å². The van der Waals surface area contributed by atoms with Crippen LogP contribution in [0.4, 0.5) is 8.78 Å². The van der Waals surface area contributed by atoms with Crippen LogP contribution in [0.5, 0.6) is 0 Å². The topological polar surface area (TPSA) is 0 Å². The Balaban J connectivity index is 0. The van der Waals surface area contributed by atoms with Crippen molar-refractivity contribution in [2.75, 3.05) is 0 Å². The molecule has 0 N–H and O–H groups in total. The van der Waals surface area contributed by atoms with Crippen molar-refractivity contribution in [3.05, 3.63) is 35.9 Å². The zero-order valence-electron chi connectivity index (χ0n) is 4.47. The molecular weight excluding hydrogens is 214 g/mol. The first-order valence-corrected chi connectivity index (χ1v) is 2.20. The molecule has 0 saturated heterocycles. The van der Waals surface area contributed by atoms with Crippen LogP contribution in [0.2, 0.25) is 0 Å². The van der Waals surface area contributed by atoms with Gasteiger partial charge in [-0.25, -0.2) is 8.78 Å². The van der Waals surface area contributed by atoms with Crippen LogP contribution in [0.25, 0.3) is 0 Å². The molecule has 1 aromatic rings. The van der Waals surface area contributed by atoms with Gasteiger partial charge in [-0.3, -0.25) is 0 Å². The van der Waals surface area contributed by atoms with Crippen molar-refractivity contribution in [2.45, 2.75) is 0 Å². The molecule has 0 aliphatic heterocycles. The molecule has 4 heteroatoms. The predicted molar refractivity (Wildman–Crippen MR) is 45.2 cm³/mol. The standard InChI is InChI=1S/C6H4F2.BrH.Mg.2H/c7-5-2-1-3-6(8)4-5;;;;/h1-4H;1H;;;. The van der Waals surface area contributed by atoms with E-state index in [0.29, 0.717) is 0 Å². The zero-order chi connectivity index (χ0) is 5.98. The summed E-state index contributed by atoms with van der Waals surface area (Å²) in [6.07, 6.45) is 0. The summed E-state index contributed by atoms with van der Waals surface area (Å²) in [5, 5.41) is 0. The smallest absolute Gasteiger partial charge is 0.207 e. The highest BCUT2D eigenvalue weighted by molar-refractivity contribution is 8.93. The molecule has 0 radical (unpaired) electrons. The molecule has 0 saturated carbocycles. The van der Waals surface area contributed by atoms with Gasteiger partial charge in [0.1, 0.15) is 11.6 Å². The molecule has 54 valence electrons. The highest BCUT2D eigenvalue weighted by Crippen LogP contribution is 1.99. The minimum Gasteiger partial charge on any atom is -0.207 e. The molecule has 0 unspecified atom stereocenters. The molecule has 1 aromatic carbocycles. The predicted octanol–water partition coefficient (Wildman–Crippen LogP) is 1.63. The van der Waals surface area contributed by atoms with E-state index in [0.717, 1.165) is 6.07 Å². The van der Waals surface area contributed by atoms with Gasteiger partial charge in [0, 0.05) is 6.07 Å². The Hall–Kier alpha value is 0.326. The number of benzene rings is 1. The molecule has 0 aliphatic carbocycles. The van der Waals surface area contributed by atoms with Gasteiger partial charge in [0.2, 0.25) is 0 Å². The third-order valence-electron chi connectivity index (χ3n) is 0.787. The van der Waals surface area contributed by atoms with Gasteiger partial charge in [-0.05, 0) is 12.1 Å². The monoisotopic (exact) mass is 220 g/mol. The van der Waals surface area contributed by atoms with E-state index in [1.165, 1.54) is 18.2 Å². The quantitative estimate of drug-likeness (QED) is 0.584. The molecule has 0 atom stereocenters. The summed E-state index contributed by atoms with van der Waals surface area (Å²) in [6, 6.07) is 4.55. The second kappa shape index (κ2) is 6.06. The van der Waals surface area contributed by atoms with Crippen LogP contribution in [0.1, 0.15) is 0 Å². The molecule has 0 heterocycles. The minimum absolute atomic E-state index is 0. The highest BCUT2D eigenvalue weighted by atomic mass is 79.9. The van der Waals surface area contributed by atoms with Crippen molar-refractivity contribution in [3.8, 4) is 0 Å². The Bertz CT molecular complexity index is 176. The molecule has 0 spiro atoms. The lowest BCUT2D eigenvalue weighted by Gasteiger charge is -1.84. The van der Waals surface area contributed by atoms with Crippen molar-refractivity contribution in [1.29, 1.82) is 0 Å². The zero-order valence-corrected chi connectivity index (χ0v) is 6.19. The molecule has 0 fully saturated rings. The molecule has 10 heavy (non-hydrogen) atoms. The number of rotatable bonds is 0. The first-order valence-electron chi connectivity index (χ1n) is 2.20. The summed E-state index contributed by atoms with van der Waals surface area (Å²) < 4.78 is 23.9. The first kappa shape index (κ1) is 13.0. The Labute approximate surface area is 84.5 Å². The van der Waals surface area contributed by atoms with Gasteiger partial charge in [0.15, 0.2) is 0 Å². The largest absolute Gasteiger partial charge is 0.316 e. The highest BCUT2D eigenvalue weighted by Gasteiger charge is 1.88. The van der Waals surface area contributed by atoms with Crippen LogP contribution >= 0.6 is 17.0 Å². The second-order valence-corrected chi connectivity index (χ2v) is 1.44. The fourth-order valence-corrected chi connectivity index (χ4v) is 0.460. The third-order valence-corrected chi connectivity index (χ3v) is 0.787. The van der Waals surface area contributed by atoms with Crippen LogP contribution in [0.15, 0.2) is 24.3 Å². The van der Waals surface area contributed by atoms with Crippen molar-refractivity contribution < 1.29 is 8.78 Å². The van der Waals surface area contributed by atoms with E-state index in [2.05, 4.69) is 0 Å². The summed E-state index contributed by atoms with van der Waals surface area (Å²) in [5.41, 5.74) is 0. The van der Waals surface area contributed by atoms with Gasteiger partial charge in [0.25, 0.3) is 0 Å². The van der Waals surface area contributed by atoms with Crippen LogP contribution < -0.4 is 0 Å². The fourth-order valence-electron chi connectivity index (χ4n) is 0.460. The van der Waals surface area contributed by atoms with Gasteiger partial charge < -0.3 is 0 Å². The second-order valence-electron chi connectivity index (χ2n) is 1.44. The lowest BCUT2D eigenvalue weighted by atomic mass is 10.3. The maximum absolute atomic E-state index is 11.9. The van der Waals surface area contributed by atoms with Crippen LogP contribution in [-0.2, 0) is 0 Å². The van der Waals surface area contributed by atoms with Gasteiger partial charge in [-0.2, -0.15) is 0 Å². The molecule has 0 aromatic heterocycles. The van der Waals surface area contributed by atoms with Gasteiger partial charge in [-0.15, -0.1) is 17.0 Å². The minimum atomic E-state index is -0.537. The maximum Gasteiger partial charge on any atom is 0.316 e. The lowest BCUT2D eigenvalue weighted by Crippen LogP contribution is -1.73. The lowest BCUT2D eigenvalue weighted by molar-refractivity contribution is 0.583. The molecule has 0 amide bonds. The molecular formula is C6H7BrF2Mg. The average molecular weight is 221 g/mol. The molecule has 1 rings (SSSR count). The molecule has 0 bridgehead atoms. The summed E-state index contributed by atoms with van der Waals surface area (Å²) in [6.45, 7) is 0. The third kappa shape index (κ3) is 4.19. The first-order chi connectivity index (χ1) is 3.79.